The molecule has 0 unspecified atom stereocenters. The lowest BCUT2D eigenvalue weighted by atomic mass is 9.73. The lowest BCUT2D eigenvalue weighted by molar-refractivity contribution is 0.0673. The van der Waals surface area contributed by atoms with Gasteiger partial charge in [-0.1, -0.05) is 25.3 Å². The highest BCUT2D eigenvalue weighted by Gasteiger charge is 2.34. The molecule has 0 bridgehead atoms. The molecule has 0 atom stereocenters. The molecule has 116 valence electrons. The van der Waals surface area contributed by atoms with Gasteiger partial charge in [0.25, 0.3) is 0 Å². The number of morpholine rings is 1. The van der Waals surface area contributed by atoms with Crippen LogP contribution in [-0.2, 0) is 10.2 Å². The number of nitrogens with zero attached hydrogens (tertiary/aromatic N) is 2. The molecule has 4 nitrogen and oxygen atoms in total. The average Bonchev–Trinajstić information content (AvgIpc) is 3.09. The highest BCUT2D eigenvalue weighted by atomic mass is 32.1. The van der Waals surface area contributed by atoms with E-state index < -0.39 is 0 Å². The molecule has 1 aromatic rings. The van der Waals surface area contributed by atoms with Gasteiger partial charge in [0, 0.05) is 23.4 Å². The van der Waals surface area contributed by atoms with Crippen LogP contribution in [0.4, 0.5) is 0 Å². The zero-order chi connectivity index (χ0) is 14.5. The van der Waals surface area contributed by atoms with E-state index in [0.717, 1.165) is 32.8 Å². The van der Waals surface area contributed by atoms with Gasteiger partial charge in [-0.3, -0.25) is 4.99 Å². The molecule has 1 saturated heterocycles. The summed E-state index contributed by atoms with van der Waals surface area (Å²) in [7, 11) is 0. The fraction of sp³-hybridized carbons (Fsp3) is 0.688. The molecule has 2 N–H and O–H groups in total. The topological polar surface area (TPSA) is 50.8 Å². The highest BCUT2D eigenvalue weighted by molar-refractivity contribution is 7.10. The van der Waals surface area contributed by atoms with Crippen molar-refractivity contribution < 1.29 is 4.74 Å². The molecule has 5 heteroatoms. The Kier molecular flexibility index (Phi) is 4.80. The van der Waals surface area contributed by atoms with Gasteiger partial charge < -0.3 is 15.4 Å². The van der Waals surface area contributed by atoms with Gasteiger partial charge in [0.1, 0.15) is 0 Å². The van der Waals surface area contributed by atoms with Crippen molar-refractivity contribution in [3.8, 4) is 0 Å². The molecule has 1 aliphatic heterocycles. The van der Waals surface area contributed by atoms with E-state index in [2.05, 4.69) is 22.4 Å². The minimum absolute atomic E-state index is 0.226. The van der Waals surface area contributed by atoms with E-state index in [4.69, 9.17) is 15.5 Å². The standard InChI is InChI=1S/C16H25N3OS/c17-15(19-8-10-20-11-9-19)18-13-16(6-2-1-3-7-16)14-5-4-12-21-14/h4-5,12H,1-3,6-11,13H2,(H2,17,18). The van der Waals surface area contributed by atoms with Crippen LogP contribution in [0, 0.1) is 0 Å². The number of hydrogen-bond acceptors (Lipinski definition) is 3. The minimum Gasteiger partial charge on any atom is -0.378 e. The zero-order valence-electron chi connectivity index (χ0n) is 12.6. The molecule has 0 spiro atoms. The van der Waals surface area contributed by atoms with Gasteiger partial charge in [0.15, 0.2) is 5.96 Å². The molecule has 21 heavy (non-hydrogen) atoms. The third-order valence-electron chi connectivity index (χ3n) is 4.73. The van der Waals surface area contributed by atoms with Crippen molar-refractivity contribution in [1.29, 1.82) is 0 Å². The molecule has 0 aromatic carbocycles. The maximum Gasteiger partial charge on any atom is 0.191 e. The maximum absolute atomic E-state index is 6.20. The van der Waals surface area contributed by atoms with Crippen LogP contribution in [0.3, 0.4) is 0 Å². The van der Waals surface area contributed by atoms with Crippen LogP contribution in [0.15, 0.2) is 22.5 Å². The van der Waals surface area contributed by atoms with Crippen molar-refractivity contribution in [2.75, 3.05) is 32.8 Å². The van der Waals surface area contributed by atoms with Crippen LogP contribution in [0.5, 0.6) is 0 Å². The summed E-state index contributed by atoms with van der Waals surface area (Å²) in [5.74, 6) is 0.694. The predicted octanol–water partition coefficient (Wildman–Crippen LogP) is 2.60. The largest absolute Gasteiger partial charge is 0.378 e. The summed E-state index contributed by atoms with van der Waals surface area (Å²) < 4.78 is 5.37. The van der Waals surface area contributed by atoms with Crippen molar-refractivity contribution in [1.82, 2.24) is 4.90 Å². The average molecular weight is 307 g/mol. The lowest BCUT2D eigenvalue weighted by Crippen LogP contribution is -2.45. The van der Waals surface area contributed by atoms with Crippen molar-refractivity contribution >= 4 is 17.3 Å². The van der Waals surface area contributed by atoms with Crippen molar-refractivity contribution in [3.05, 3.63) is 22.4 Å². The summed E-state index contributed by atoms with van der Waals surface area (Å²) >= 11 is 1.87. The van der Waals surface area contributed by atoms with Crippen molar-refractivity contribution in [3.63, 3.8) is 0 Å². The Bertz CT molecular complexity index is 460. The number of guanidine groups is 1. The number of ether oxygens (including phenoxy) is 1. The molecule has 3 rings (SSSR count). The summed E-state index contributed by atoms with van der Waals surface area (Å²) in [6, 6.07) is 4.43. The molecule has 0 radical (unpaired) electrons. The fourth-order valence-corrected chi connectivity index (χ4v) is 4.40. The summed E-state index contributed by atoms with van der Waals surface area (Å²) in [4.78, 5) is 8.41. The van der Waals surface area contributed by atoms with Gasteiger partial charge in [-0.25, -0.2) is 0 Å². The Morgan fingerprint density at radius 1 is 1.29 bits per heavy atom. The summed E-state index contributed by atoms with van der Waals surface area (Å²) in [5.41, 5.74) is 6.43. The monoisotopic (exact) mass is 307 g/mol. The molecule has 2 aliphatic rings. The zero-order valence-corrected chi connectivity index (χ0v) is 13.4. The highest BCUT2D eigenvalue weighted by Crippen LogP contribution is 2.41. The predicted molar refractivity (Wildman–Crippen MR) is 88.0 cm³/mol. The Hall–Kier alpha value is -1.07. The molecule has 1 aliphatic carbocycles. The normalized spacial score (nSPS) is 23.2. The first-order valence-corrected chi connectivity index (χ1v) is 8.85. The van der Waals surface area contributed by atoms with E-state index in [1.807, 2.05) is 11.3 Å². The van der Waals surface area contributed by atoms with Crippen LogP contribution in [0.2, 0.25) is 0 Å². The van der Waals surface area contributed by atoms with Crippen LogP contribution < -0.4 is 5.73 Å². The second kappa shape index (κ2) is 6.79. The van der Waals surface area contributed by atoms with Crippen molar-refractivity contribution in [2.24, 2.45) is 10.7 Å². The summed E-state index contributed by atoms with van der Waals surface area (Å²) in [6.07, 6.45) is 6.46. The Morgan fingerprint density at radius 3 is 2.71 bits per heavy atom. The number of thiophene rings is 1. The van der Waals surface area contributed by atoms with Gasteiger partial charge >= 0.3 is 0 Å². The Labute approximate surface area is 131 Å². The van der Waals surface area contributed by atoms with Gasteiger partial charge in [-0.15, -0.1) is 11.3 Å². The number of rotatable bonds is 3. The molecule has 2 heterocycles. The fourth-order valence-electron chi connectivity index (χ4n) is 3.42. The number of hydrogen-bond donors (Lipinski definition) is 1. The van der Waals surface area contributed by atoms with Crippen LogP contribution in [0.1, 0.15) is 37.0 Å². The Morgan fingerprint density at radius 2 is 2.05 bits per heavy atom. The van der Waals surface area contributed by atoms with Gasteiger partial charge in [-0.05, 0) is 24.3 Å². The lowest BCUT2D eigenvalue weighted by Gasteiger charge is -2.36. The van der Waals surface area contributed by atoms with Gasteiger partial charge in [0.05, 0.1) is 19.8 Å². The molecule has 0 amide bonds. The summed E-state index contributed by atoms with van der Waals surface area (Å²) in [5, 5.41) is 2.18. The molecule has 1 saturated carbocycles. The van der Waals surface area contributed by atoms with Crippen LogP contribution in [0.25, 0.3) is 0 Å². The number of aliphatic imine (C=N–C) groups is 1. The second-order valence-electron chi connectivity index (χ2n) is 6.09. The van der Waals surface area contributed by atoms with E-state index in [9.17, 15) is 0 Å². The molecular formula is C16H25N3OS. The molecule has 2 fully saturated rings. The van der Waals surface area contributed by atoms with Gasteiger partial charge in [0.2, 0.25) is 0 Å². The first kappa shape index (κ1) is 14.9. The second-order valence-corrected chi connectivity index (χ2v) is 7.04. The smallest absolute Gasteiger partial charge is 0.191 e. The van der Waals surface area contributed by atoms with E-state index in [1.54, 1.807) is 0 Å². The van der Waals surface area contributed by atoms with Crippen LogP contribution in [-0.4, -0.2) is 43.7 Å². The number of nitrogens with two attached hydrogens (primary N) is 1. The van der Waals surface area contributed by atoms with E-state index >= 15 is 0 Å². The Balaban J connectivity index is 1.72. The maximum atomic E-state index is 6.20. The SMILES string of the molecule is NC(=NCC1(c2cccs2)CCCCC1)N1CCOCC1. The van der Waals surface area contributed by atoms with E-state index in [0.29, 0.717) is 5.96 Å². The molecular weight excluding hydrogens is 282 g/mol. The van der Waals surface area contributed by atoms with Crippen LogP contribution >= 0.6 is 11.3 Å². The van der Waals surface area contributed by atoms with Crippen molar-refractivity contribution in [2.45, 2.75) is 37.5 Å². The first-order valence-electron chi connectivity index (χ1n) is 7.97. The van der Waals surface area contributed by atoms with E-state index in [-0.39, 0.29) is 5.41 Å². The van der Waals surface area contributed by atoms with Gasteiger partial charge in [-0.2, -0.15) is 0 Å². The molecule has 1 aromatic heterocycles. The minimum atomic E-state index is 0.226. The van der Waals surface area contributed by atoms with E-state index in [1.165, 1.54) is 37.0 Å². The first-order chi connectivity index (χ1) is 10.3. The summed E-state index contributed by atoms with van der Waals surface area (Å²) in [6.45, 7) is 4.07. The quantitative estimate of drug-likeness (QED) is 0.690. The third kappa shape index (κ3) is 3.40. The third-order valence-corrected chi connectivity index (χ3v) is 5.85.